The maximum atomic E-state index is 9.45. The maximum Gasteiger partial charge on any atom is 0.138 e. The average molecular weight is 279 g/mol. The van der Waals surface area contributed by atoms with E-state index >= 15 is 0 Å². The number of phenols is 1. The highest BCUT2D eigenvalue weighted by atomic mass is 16.3. The van der Waals surface area contributed by atoms with Crippen molar-refractivity contribution in [3.63, 3.8) is 0 Å². The van der Waals surface area contributed by atoms with Gasteiger partial charge in [0.25, 0.3) is 0 Å². The number of rotatable bonds is 9. The van der Waals surface area contributed by atoms with Crippen molar-refractivity contribution in [2.45, 2.75) is 33.7 Å². The van der Waals surface area contributed by atoms with Crippen molar-refractivity contribution in [2.75, 3.05) is 38.5 Å². The summed E-state index contributed by atoms with van der Waals surface area (Å²) in [7, 11) is 0. The van der Waals surface area contributed by atoms with Crippen LogP contribution < -0.4 is 5.73 Å². The van der Waals surface area contributed by atoms with Crippen LogP contribution in [0.1, 0.15) is 32.8 Å². The fourth-order valence-electron chi connectivity index (χ4n) is 2.37. The lowest BCUT2D eigenvalue weighted by molar-refractivity contribution is 0.238. The molecule has 1 aromatic rings. The molecule has 0 aromatic heterocycles. The Labute approximate surface area is 123 Å². The highest BCUT2D eigenvalue weighted by Crippen LogP contribution is 2.21. The molecule has 0 saturated heterocycles. The van der Waals surface area contributed by atoms with E-state index in [1.54, 1.807) is 6.07 Å². The summed E-state index contributed by atoms with van der Waals surface area (Å²) in [5.74, 6) is 0.165. The summed E-state index contributed by atoms with van der Waals surface area (Å²) in [4.78, 5) is 4.86. The molecule has 0 unspecified atom stereocenters. The minimum Gasteiger partial charge on any atom is -0.506 e. The molecule has 0 aliphatic rings. The standard InChI is InChI=1S/C16H29N3O/c1-4-18(5-2)10-7-11-19(6-3)13-14-8-9-16(20)15(17)12-14/h8-9,12,20H,4-7,10-11,13,17H2,1-3H3. The number of anilines is 1. The van der Waals surface area contributed by atoms with Crippen molar-refractivity contribution in [3.05, 3.63) is 23.8 Å². The first kappa shape index (κ1) is 16.8. The Hall–Kier alpha value is -1.26. The molecule has 4 nitrogen and oxygen atoms in total. The van der Waals surface area contributed by atoms with E-state index in [2.05, 4.69) is 30.6 Å². The van der Waals surface area contributed by atoms with Crippen molar-refractivity contribution in [1.82, 2.24) is 9.80 Å². The van der Waals surface area contributed by atoms with Crippen LogP contribution in [-0.2, 0) is 6.54 Å². The summed E-state index contributed by atoms with van der Waals surface area (Å²) in [6, 6.07) is 5.48. The smallest absolute Gasteiger partial charge is 0.138 e. The second-order valence-electron chi connectivity index (χ2n) is 5.14. The van der Waals surface area contributed by atoms with Gasteiger partial charge < -0.3 is 15.7 Å². The van der Waals surface area contributed by atoms with Gasteiger partial charge in [-0.3, -0.25) is 4.90 Å². The first-order valence-electron chi connectivity index (χ1n) is 7.62. The normalized spacial score (nSPS) is 11.4. The maximum absolute atomic E-state index is 9.45. The lowest BCUT2D eigenvalue weighted by Crippen LogP contribution is -2.29. The third kappa shape index (κ3) is 5.39. The van der Waals surface area contributed by atoms with Crippen LogP contribution in [0.2, 0.25) is 0 Å². The molecular formula is C16H29N3O. The van der Waals surface area contributed by atoms with Gasteiger partial charge in [-0.05, 0) is 56.8 Å². The number of benzene rings is 1. The molecule has 0 fully saturated rings. The molecule has 3 N–H and O–H groups in total. The van der Waals surface area contributed by atoms with Gasteiger partial charge in [0.1, 0.15) is 5.75 Å². The fraction of sp³-hybridized carbons (Fsp3) is 0.625. The zero-order valence-electron chi connectivity index (χ0n) is 13.1. The first-order valence-corrected chi connectivity index (χ1v) is 7.62. The summed E-state index contributed by atoms with van der Waals surface area (Å²) in [5, 5.41) is 9.45. The number of nitrogens with two attached hydrogens (primary N) is 1. The Kier molecular flexibility index (Phi) is 7.41. The Morgan fingerprint density at radius 1 is 1.00 bits per heavy atom. The van der Waals surface area contributed by atoms with E-state index in [0.717, 1.165) is 44.8 Å². The largest absolute Gasteiger partial charge is 0.506 e. The Morgan fingerprint density at radius 3 is 2.15 bits per heavy atom. The van der Waals surface area contributed by atoms with Gasteiger partial charge in [-0.1, -0.05) is 26.8 Å². The third-order valence-electron chi connectivity index (χ3n) is 3.79. The summed E-state index contributed by atoms with van der Waals surface area (Å²) in [5.41, 5.74) is 7.36. The van der Waals surface area contributed by atoms with Gasteiger partial charge in [0, 0.05) is 6.54 Å². The zero-order chi connectivity index (χ0) is 15.0. The van der Waals surface area contributed by atoms with Crippen LogP contribution in [0.5, 0.6) is 5.75 Å². The molecule has 0 amide bonds. The van der Waals surface area contributed by atoms with E-state index in [1.165, 1.54) is 6.42 Å². The Bertz CT molecular complexity index is 391. The van der Waals surface area contributed by atoms with Gasteiger partial charge >= 0.3 is 0 Å². The Morgan fingerprint density at radius 2 is 1.60 bits per heavy atom. The van der Waals surface area contributed by atoms with Crippen LogP contribution in [0, 0.1) is 0 Å². The summed E-state index contributed by atoms with van der Waals surface area (Å²) < 4.78 is 0. The highest BCUT2D eigenvalue weighted by molar-refractivity contribution is 5.53. The predicted molar refractivity (Wildman–Crippen MR) is 85.9 cm³/mol. The molecule has 114 valence electrons. The molecule has 20 heavy (non-hydrogen) atoms. The minimum atomic E-state index is 0.165. The fourth-order valence-corrected chi connectivity index (χ4v) is 2.37. The number of nitrogen functional groups attached to an aromatic ring is 1. The van der Waals surface area contributed by atoms with Crippen molar-refractivity contribution in [3.8, 4) is 5.75 Å². The van der Waals surface area contributed by atoms with Gasteiger partial charge in [0.05, 0.1) is 5.69 Å². The third-order valence-corrected chi connectivity index (χ3v) is 3.79. The van der Waals surface area contributed by atoms with Crippen molar-refractivity contribution in [1.29, 1.82) is 0 Å². The molecule has 1 aromatic carbocycles. The molecule has 0 heterocycles. The average Bonchev–Trinajstić information content (AvgIpc) is 2.46. The summed E-state index contributed by atoms with van der Waals surface area (Å²) >= 11 is 0. The molecule has 0 bridgehead atoms. The number of nitrogens with zero attached hydrogens (tertiary/aromatic N) is 2. The van der Waals surface area contributed by atoms with Gasteiger partial charge in [-0.25, -0.2) is 0 Å². The zero-order valence-corrected chi connectivity index (χ0v) is 13.1. The van der Waals surface area contributed by atoms with E-state index in [1.807, 2.05) is 12.1 Å². The van der Waals surface area contributed by atoms with Crippen LogP contribution in [0.25, 0.3) is 0 Å². The molecule has 1 rings (SSSR count). The monoisotopic (exact) mass is 279 g/mol. The molecule has 4 heteroatoms. The SMILES string of the molecule is CCN(CC)CCCN(CC)Cc1ccc(O)c(N)c1. The molecule has 0 spiro atoms. The van der Waals surface area contributed by atoms with Crippen molar-refractivity contribution >= 4 is 5.69 Å². The van der Waals surface area contributed by atoms with E-state index in [-0.39, 0.29) is 5.75 Å². The Balaban J connectivity index is 2.44. The van der Waals surface area contributed by atoms with Crippen molar-refractivity contribution < 1.29 is 5.11 Å². The van der Waals surface area contributed by atoms with Gasteiger partial charge in [0.15, 0.2) is 0 Å². The minimum absolute atomic E-state index is 0.165. The number of hydrogen-bond acceptors (Lipinski definition) is 4. The first-order chi connectivity index (χ1) is 9.60. The van der Waals surface area contributed by atoms with Crippen LogP contribution >= 0.6 is 0 Å². The summed E-state index contributed by atoms with van der Waals surface area (Å²) in [6.45, 7) is 13.0. The van der Waals surface area contributed by atoms with E-state index in [0.29, 0.717) is 5.69 Å². The van der Waals surface area contributed by atoms with Crippen LogP contribution in [0.3, 0.4) is 0 Å². The van der Waals surface area contributed by atoms with Crippen LogP contribution in [0.15, 0.2) is 18.2 Å². The topological polar surface area (TPSA) is 52.7 Å². The van der Waals surface area contributed by atoms with Gasteiger partial charge in [-0.15, -0.1) is 0 Å². The van der Waals surface area contributed by atoms with Crippen LogP contribution in [0.4, 0.5) is 5.69 Å². The lowest BCUT2D eigenvalue weighted by Gasteiger charge is -2.23. The molecule has 0 radical (unpaired) electrons. The highest BCUT2D eigenvalue weighted by Gasteiger charge is 2.06. The number of aromatic hydroxyl groups is 1. The van der Waals surface area contributed by atoms with Gasteiger partial charge in [-0.2, -0.15) is 0 Å². The van der Waals surface area contributed by atoms with E-state index < -0.39 is 0 Å². The van der Waals surface area contributed by atoms with E-state index in [9.17, 15) is 5.11 Å². The molecule has 0 saturated carbocycles. The number of phenolic OH excluding ortho intramolecular Hbond substituents is 1. The summed E-state index contributed by atoms with van der Waals surface area (Å²) in [6.07, 6.45) is 1.18. The second kappa shape index (κ2) is 8.82. The van der Waals surface area contributed by atoms with Crippen LogP contribution in [-0.4, -0.2) is 47.6 Å². The van der Waals surface area contributed by atoms with Crippen molar-refractivity contribution in [2.24, 2.45) is 0 Å². The predicted octanol–water partition coefficient (Wildman–Crippen LogP) is 2.53. The second-order valence-corrected chi connectivity index (χ2v) is 5.14. The number of hydrogen-bond donors (Lipinski definition) is 2. The lowest BCUT2D eigenvalue weighted by atomic mass is 10.1. The van der Waals surface area contributed by atoms with E-state index in [4.69, 9.17) is 5.73 Å². The quantitative estimate of drug-likeness (QED) is 0.539. The molecule has 0 aliphatic heterocycles. The molecule has 0 atom stereocenters. The molecule has 0 aliphatic carbocycles. The molecular weight excluding hydrogens is 250 g/mol. The van der Waals surface area contributed by atoms with Gasteiger partial charge in [0.2, 0.25) is 0 Å².